The number of imidazole rings is 1. The summed E-state index contributed by atoms with van der Waals surface area (Å²) in [6.07, 6.45) is 2.57. The third-order valence-corrected chi connectivity index (χ3v) is 4.91. The number of amides is 1. The van der Waals surface area contributed by atoms with E-state index in [9.17, 15) is 9.59 Å². The van der Waals surface area contributed by atoms with Gasteiger partial charge >= 0.3 is 0 Å². The highest BCUT2D eigenvalue weighted by atomic mass is 16.2. The molecule has 3 heterocycles. The number of hydrogen-bond acceptors (Lipinski definition) is 3. The molecule has 1 amide bonds. The van der Waals surface area contributed by atoms with Gasteiger partial charge in [0.05, 0.1) is 11.0 Å². The van der Waals surface area contributed by atoms with Gasteiger partial charge in [0.15, 0.2) is 0 Å². The van der Waals surface area contributed by atoms with Gasteiger partial charge in [-0.1, -0.05) is 12.1 Å². The third kappa shape index (κ3) is 2.73. The summed E-state index contributed by atoms with van der Waals surface area (Å²) in [6, 6.07) is 9.55. The van der Waals surface area contributed by atoms with E-state index in [-0.39, 0.29) is 18.0 Å². The Morgan fingerprint density at radius 1 is 1.24 bits per heavy atom. The van der Waals surface area contributed by atoms with Gasteiger partial charge in [-0.2, -0.15) is 0 Å². The SMILES string of the molecule is Cc1nc2ccccc2n1CC(=O)N1CCc2cc(=O)n(C)cc2C1. The molecule has 0 unspecified atom stereocenters. The van der Waals surface area contributed by atoms with Crippen LogP contribution in [-0.2, 0) is 31.4 Å². The van der Waals surface area contributed by atoms with Crippen molar-refractivity contribution in [2.24, 2.45) is 7.05 Å². The number of pyridine rings is 1. The van der Waals surface area contributed by atoms with Crippen LogP contribution in [0.3, 0.4) is 0 Å². The molecule has 4 rings (SSSR count). The van der Waals surface area contributed by atoms with E-state index in [1.165, 1.54) is 0 Å². The van der Waals surface area contributed by atoms with Crippen LogP contribution in [0.5, 0.6) is 0 Å². The monoisotopic (exact) mass is 336 g/mol. The maximum atomic E-state index is 12.8. The van der Waals surface area contributed by atoms with Gasteiger partial charge in [0.2, 0.25) is 5.91 Å². The van der Waals surface area contributed by atoms with Gasteiger partial charge in [-0.15, -0.1) is 0 Å². The highest BCUT2D eigenvalue weighted by Gasteiger charge is 2.22. The average Bonchev–Trinajstić information content (AvgIpc) is 2.91. The second-order valence-corrected chi connectivity index (χ2v) is 6.57. The number of hydrogen-bond donors (Lipinski definition) is 0. The van der Waals surface area contributed by atoms with Crippen molar-refractivity contribution in [1.29, 1.82) is 0 Å². The molecule has 128 valence electrons. The lowest BCUT2D eigenvalue weighted by molar-refractivity contribution is -0.132. The summed E-state index contributed by atoms with van der Waals surface area (Å²) in [4.78, 5) is 31.0. The van der Waals surface area contributed by atoms with Crippen LogP contribution in [0.2, 0.25) is 0 Å². The number of carbonyl (C=O) groups is 1. The standard InChI is InChI=1S/C19H20N4O2/c1-13-20-16-5-3-4-6-17(16)23(13)12-19(25)22-8-7-14-9-18(24)21(2)10-15(14)11-22/h3-6,9-10H,7-8,11-12H2,1-2H3. The van der Waals surface area contributed by atoms with Crippen LogP contribution in [0.1, 0.15) is 17.0 Å². The van der Waals surface area contributed by atoms with Gasteiger partial charge in [-0.05, 0) is 36.6 Å². The zero-order chi connectivity index (χ0) is 17.6. The Morgan fingerprint density at radius 2 is 2.04 bits per heavy atom. The zero-order valence-electron chi connectivity index (χ0n) is 14.4. The molecule has 2 aromatic heterocycles. The number of rotatable bonds is 2. The summed E-state index contributed by atoms with van der Waals surface area (Å²) in [5.41, 5.74) is 3.99. The predicted octanol–water partition coefficient (Wildman–Crippen LogP) is 1.63. The Hall–Kier alpha value is -2.89. The minimum Gasteiger partial charge on any atom is -0.336 e. The second kappa shape index (κ2) is 5.88. The van der Waals surface area contributed by atoms with Gasteiger partial charge in [0.25, 0.3) is 5.56 Å². The van der Waals surface area contributed by atoms with Crippen LogP contribution in [0.4, 0.5) is 0 Å². The molecule has 0 saturated heterocycles. The summed E-state index contributed by atoms with van der Waals surface area (Å²) < 4.78 is 3.54. The van der Waals surface area contributed by atoms with Crippen LogP contribution < -0.4 is 5.56 Å². The predicted molar refractivity (Wildman–Crippen MR) is 95.3 cm³/mol. The van der Waals surface area contributed by atoms with E-state index in [2.05, 4.69) is 4.98 Å². The van der Waals surface area contributed by atoms with Gasteiger partial charge in [0, 0.05) is 32.4 Å². The zero-order valence-corrected chi connectivity index (χ0v) is 14.4. The summed E-state index contributed by atoms with van der Waals surface area (Å²) in [7, 11) is 1.74. The molecule has 1 aliphatic rings. The topological polar surface area (TPSA) is 60.1 Å². The van der Waals surface area contributed by atoms with Crippen molar-refractivity contribution in [2.45, 2.75) is 26.4 Å². The quantitative estimate of drug-likeness (QED) is 0.715. The van der Waals surface area contributed by atoms with E-state index >= 15 is 0 Å². The summed E-state index contributed by atoms with van der Waals surface area (Å²) in [5, 5.41) is 0. The minimum atomic E-state index is -0.000892. The lowest BCUT2D eigenvalue weighted by Gasteiger charge is -2.29. The van der Waals surface area contributed by atoms with E-state index in [4.69, 9.17) is 0 Å². The molecule has 0 bridgehead atoms. The fourth-order valence-corrected chi connectivity index (χ4v) is 3.48. The first-order valence-electron chi connectivity index (χ1n) is 8.41. The molecule has 1 aliphatic heterocycles. The van der Waals surface area contributed by atoms with Crippen LogP contribution in [0.25, 0.3) is 11.0 Å². The lowest BCUT2D eigenvalue weighted by Crippen LogP contribution is -2.39. The Balaban J connectivity index is 1.58. The van der Waals surface area contributed by atoms with Gasteiger partial charge in [-0.3, -0.25) is 9.59 Å². The molecule has 0 atom stereocenters. The van der Waals surface area contributed by atoms with Gasteiger partial charge in [0.1, 0.15) is 12.4 Å². The molecular weight excluding hydrogens is 316 g/mol. The molecule has 0 N–H and O–H groups in total. The van der Waals surface area contributed by atoms with Crippen molar-refractivity contribution < 1.29 is 4.79 Å². The van der Waals surface area contributed by atoms with Crippen LogP contribution >= 0.6 is 0 Å². The summed E-state index contributed by atoms with van der Waals surface area (Å²) in [6.45, 7) is 3.40. The highest BCUT2D eigenvalue weighted by molar-refractivity contribution is 5.81. The maximum absolute atomic E-state index is 12.8. The molecule has 1 aromatic carbocycles. The molecule has 0 spiro atoms. The van der Waals surface area contributed by atoms with Crippen molar-refractivity contribution in [1.82, 2.24) is 19.0 Å². The molecule has 0 fully saturated rings. The minimum absolute atomic E-state index is 0.000892. The molecule has 3 aromatic rings. The van der Waals surface area contributed by atoms with Crippen molar-refractivity contribution in [3.05, 3.63) is 63.8 Å². The molecule has 6 heteroatoms. The number of fused-ring (bicyclic) bond motifs is 2. The molecule has 0 saturated carbocycles. The fraction of sp³-hybridized carbons (Fsp3) is 0.316. The number of aryl methyl sites for hydroxylation is 2. The Bertz CT molecular complexity index is 1030. The van der Waals surface area contributed by atoms with E-state index in [0.717, 1.165) is 34.4 Å². The largest absolute Gasteiger partial charge is 0.336 e. The first kappa shape index (κ1) is 15.6. The molecule has 0 radical (unpaired) electrons. The highest BCUT2D eigenvalue weighted by Crippen LogP contribution is 2.19. The van der Waals surface area contributed by atoms with Crippen molar-refractivity contribution in [2.75, 3.05) is 6.54 Å². The van der Waals surface area contributed by atoms with Crippen molar-refractivity contribution >= 4 is 16.9 Å². The molecule has 25 heavy (non-hydrogen) atoms. The third-order valence-electron chi connectivity index (χ3n) is 4.91. The number of nitrogens with zero attached hydrogens (tertiary/aromatic N) is 4. The van der Waals surface area contributed by atoms with E-state index in [1.807, 2.05) is 46.9 Å². The normalized spacial score (nSPS) is 13.9. The van der Waals surface area contributed by atoms with Crippen molar-refractivity contribution in [3.63, 3.8) is 0 Å². The van der Waals surface area contributed by atoms with Crippen LogP contribution in [0.15, 0.2) is 41.3 Å². The number of para-hydroxylation sites is 2. The van der Waals surface area contributed by atoms with E-state index < -0.39 is 0 Å². The first-order chi connectivity index (χ1) is 12.0. The molecule has 6 nitrogen and oxygen atoms in total. The van der Waals surface area contributed by atoms with Crippen LogP contribution in [-0.4, -0.2) is 31.5 Å². The number of benzene rings is 1. The molecule has 0 aliphatic carbocycles. The van der Waals surface area contributed by atoms with Gasteiger partial charge in [-0.25, -0.2) is 4.98 Å². The summed E-state index contributed by atoms with van der Waals surface area (Å²) in [5.74, 6) is 0.917. The fourth-order valence-electron chi connectivity index (χ4n) is 3.48. The second-order valence-electron chi connectivity index (χ2n) is 6.57. The van der Waals surface area contributed by atoms with E-state index in [1.54, 1.807) is 17.7 Å². The summed E-state index contributed by atoms with van der Waals surface area (Å²) >= 11 is 0. The molecular formula is C19H20N4O2. The smallest absolute Gasteiger partial charge is 0.250 e. The Labute approximate surface area is 145 Å². The Morgan fingerprint density at radius 3 is 2.88 bits per heavy atom. The van der Waals surface area contributed by atoms with E-state index in [0.29, 0.717) is 13.1 Å². The van der Waals surface area contributed by atoms with Gasteiger partial charge < -0.3 is 14.0 Å². The average molecular weight is 336 g/mol. The Kier molecular flexibility index (Phi) is 3.67. The lowest BCUT2D eigenvalue weighted by atomic mass is 10.0. The first-order valence-corrected chi connectivity index (χ1v) is 8.41. The maximum Gasteiger partial charge on any atom is 0.250 e. The number of carbonyl (C=O) groups excluding carboxylic acids is 1. The number of aromatic nitrogens is 3. The van der Waals surface area contributed by atoms with Crippen LogP contribution in [0, 0.1) is 6.92 Å². The van der Waals surface area contributed by atoms with Crippen molar-refractivity contribution in [3.8, 4) is 0 Å².